The van der Waals surface area contributed by atoms with Crippen LogP contribution in [0.1, 0.15) is 35.2 Å². The highest BCUT2D eigenvalue weighted by molar-refractivity contribution is 14.0. The molecule has 5 nitrogen and oxygen atoms in total. The zero-order chi connectivity index (χ0) is 17.4. The Morgan fingerprint density at radius 3 is 2.60 bits per heavy atom. The van der Waals surface area contributed by atoms with E-state index in [2.05, 4.69) is 21.9 Å². The van der Waals surface area contributed by atoms with Crippen LogP contribution in [-0.4, -0.2) is 50.2 Å². The number of halogens is 1. The van der Waals surface area contributed by atoms with Gasteiger partial charge in [-0.05, 0) is 49.6 Å². The minimum atomic E-state index is -0.301. The average Bonchev–Trinajstić information content (AvgIpc) is 3.08. The number of ether oxygens (including phenoxy) is 1. The molecule has 0 spiro atoms. The van der Waals surface area contributed by atoms with Crippen LogP contribution in [0.5, 0.6) is 0 Å². The molecule has 0 radical (unpaired) electrons. The zero-order valence-electron chi connectivity index (χ0n) is 15.1. The van der Waals surface area contributed by atoms with Crippen molar-refractivity contribution < 1.29 is 9.53 Å². The van der Waals surface area contributed by atoms with Gasteiger partial charge in [0.25, 0.3) is 0 Å². The van der Waals surface area contributed by atoms with Crippen LogP contribution in [0.2, 0.25) is 0 Å². The van der Waals surface area contributed by atoms with Gasteiger partial charge in [-0.1, -0.05) is 12.1 Å². The van der Waals surface area contributed by atoms with Crippen molar-refractivity contribution in [3.05, 3.63) is 35.4 Å². The molecule has 1 aliphatic rings. The molecule has 1 aromatic carbocycles. The molecule has 0 aromatic heterocycles. The number of thioether (sulfide) groups is 1. The third kappa shape index (κ3) is 7.05. The molecule has 0 amide bonds. The van der Waals surface area contributed by atoms with Crippen molar-refractivity contribution in [2.24, 2.45) is 4.99 Å². The number of nitrogens with one attached hydrogen (secondary N) is 2. The molecule has 0 aliphatic heterocycles. The zero-order valence-corrected chi connectivity index (χ0v) is 18.2. The molecule has 1 fully saturated rings. The number of benzene rings is 1. The van der Waals surface area contributed by atoms with Gasteiger partial charge in [-0.15, -0.1) is 24.0 Å². The summed E-state index contributed by atoms with van der Waals surface area (Å²) in [4.78, 5) is 15.7. The Bertz CT molecular complexity index is 566. The van der Waals surface area contributed by atoms with Gasteiger partial charge in [0.05, 0.1) is 12.7 Å². The summed E-state index contributed by atoms with van der Waals surface area (Å²) in [6, 6.07) is 8.05. The van der Waals surface area contributed by atoms with E-state index >= 15 is 0 Å². The summed E-state index contributed by atoms with van der Waals surface area (Å²) in [5.74, 6) is 0.567. The molecule has 1 saturated carbocycles. The maximum absolute atomic E-state index is 11.4. The van der Waals surface area contributed by atoms with Gasteiger partial charge in [0.2, 0.25) is 0 Å². The molecular weight excluding hydrogens is 449 g/mol. The Morgan fingerprint density at radius 1 is 1.32 bits per heavy atom. The van der Waals surface area contributed by atoms with Gasteiger partial charge < -0.3 is 15.4 Å². The predicted molar refractivity (Wildman–Crippen MR) is 116 cm³/mol. The number of guanidine groups is 1. The SMILES string of the molecule is CN=C(NCCc1ccc(C(=O)OC)cc1)NC1CCC(SC)C1.I. The van der Waals surface area contributed by atoms with E-state index in [1.54, 1.807) is 12.1 Å². The van der Waals surface area contributed by atoms with E-state index in [-0.39, 0.29) is 29.9 Å². The van der Waals surface area contributed by atoms with Crippen molar-refractivity contribution in [1.29, 1.82) is 0 Å². The average molecular weight is 477 g/mol. The van der Waals surface area contributed by atoms with Crippen molar-refractivity contribution in [2.45, 2.75) is 37.0 Å². The first-order valence-corrected chi connectivity index (χ1v) is 9.62. The summed E-state index contributed by atoms with van der Waals surface area (Å²) >= 11 is 1.96. The van der Waals surface area contributed by atoms with Crippen LogP contribution in [0, 0.1) is 0 Å². The summed E-state index contributed by atoms with van der Waals surface area (Å²) < 4.78 is 4.71. The molecule has 7 heteroatoms. The molecule has 2 unspecified atom stereocenters. The third-order valence-corrected chi connectivity index (χ3v) is 5.46. The van der Waals surface area contributed by atoms with E-state index in [1.807, 2.05) is 30.9 Å². The number of carbonyl (C=O) groups excluding carboxylic acids is 1. The van der Waals surface area contributed by atoms with Gasteiger partial charge in [0.15, 0.2) is 5.96 Å². The van der Waals surface area contributed by atoms with Crippen molar-refractivity contribution in [2.75, 3.05) is 27.0 Å². The third-order valence-electron chi connectivity index (χ3n) is 4.36. The van der Waals surface area contributed by atoms with Crippen LogP contribution in [-0.2, 0) is 11.2 Å². The maximum atomic E-state index is 11.4. The number of hydrogen-bond acceptors (Lipinski definition) is 4. The fourth-order valence-corrected chi connectivity index (χ4v) is 3.72. The number of hydrogen-bond donors (Lipinski definition) is 2. The molecule has 140 valence electrons. The first-order valence-electron chi connectivity index (χ1n) is 8.33. The van der Waals surface area contributed by atoms with E-state index in [4.69, 9.17) is 4.74 Å². The Hall–Kier alpha value is -0.960. The maximum Gasteiger partial charge on any atom is 0.337 e. The highest BCUT2D eigenvalue weighted by Gasteiger charge is 2.24. The molecular formula is C18H28IN3O2S. The number of methoxy groups -OCH3 is 1. The first kappa shape index (κ1) is 22.1. The van der Waals surface area contributed by atoms with Gasteiger partial charge in [0, 0.05) is 24.9 Å². The van der Waals surface area contributed by atoms with Crippen LogP contribution in [0.25, 0.3) is 0 Å². The normalized spacial score (nSPS) is 19.9. The van der Waals surface area contributed by atoms with Crippen molar-refractivity contribution >= 4 is 47.7 Å². The van der Waals surface area contributed by atoms with Crippen LogP contribution >= 0.6 is 35.7 Å². The van der Waals surface area contributed by atoms with Gasteiger partial charge in [0.1, 0.15) is 0 Å². The number of nitrogens with zero attached hydrogens (tertiary/aromatic N) is 1. The molecule has 0 saturated heterocycles. The van der Waals surface area contributed by atoms with Gasteiger partial charge in [-0.25, -0.2) is 4.79 Å². The topological polar surface area (TPSA) is 62.7 Å². The van der Waals surface area contributed by atoms with Gasteiger partial charge >= 0.3 is 5.97 Å². The smallest absolute Gasteiger partial charge is 0.337 e. The highest BCUT2D eigenvalue weighted by Crippen LogP contribution is 2.27. The second-order valence-electron chi connectivity index (χ2n) is 5.95. The Kier molecular flexibility index (Phi) is 10.3. The van der Waals surface area contributed by atoms with E-state index < -0.39 is 0 Å². The highest BCUT2D eigenvalue weighted by atomic mass is 127. The van der Waals surface area contributed by atoms with Crippen molar-refractivity contribution in [3.63, 3.8) is 0 Å². The summed E-state index contributed by atoms with van der Waals surface area (Å²) in [6.45, 7) is 0.802. The molecule has 1 aromatic rings. The van der Waals surface area contributed by atoms with Crippen molar-refractivity contribution in [1.82, 2.24) is 10.6 Å². The minimum Gasteiger partial charge on any atom is -0.465 e. The van der Waals surface area contributed by atoms with Crippen LogP contribution in [0.15, 0.2) is 29.3 Å². The number of rotatable bonds is 6. The van der Waals surface area contributed by atoms with E-state index in [1.165, 1.54) is 31.9 Å². The molecule has 2 N–H and O–H groups in total. The monoisotopic (exact) mass is 477 g/mol. The van der Waals surface area contributed by atoms with Gasteiger partial charge in [-0.3, -0.25) is 4.99 Å². The Labute approximate surface area is 171 Å². The fourth-order valence-electron chi connectivity index (χ4n) is 2.92. The standard InChI is InChI=1S/C18H27N3O2S.HI/c1-19-18(21-15-8-9-16(12-15)24-3)20-11-10-13-4-6-14(7-5-13)17(22)23-2;/h4-7,15-16H,8-12H2,1-3H3,(H2,19,20,21);1H. The summed E-state index contributed by atoms with van der Waals surface area (Å²) in [6.07, 6.45) is 6.76. The predicted octanol–water partition coefficient (Wildman–Crippen LogP) is 3.08. The lowest BCUT2D eigenvalue weighted by Gasteiger charge is -2.17. The lowest BCUT2D eigenvalue weighted by atomic mass is 10.1. The molecule has 2 rings (SSSR count). The quantitative estimate of drug-likeness (QED) is 0.286. The molecule has 1 aliphatic carbocycles. The summed E-state index contributed by atoms with van der Waals surface area (Å²) in [7, 11) is 3.20. The number of esters is 1. The fraction of sp³-hybridized carbons (Fsp3) is 0.556. The van der Waals surface area contributed by atoms with Crippen LogP contribution < -0.4 is 10.6 Å². The second-order valence-corrected chi connectivity index (χ2v) is 7.09. The van der Waals surface area contributed by atoms with Crippen LogP contribution in [0.3, 0.4) is 0 Å². The van der Waals surface area contributed by atoms with E-state index in [0.29, 0.717) is 11.6 Å². The van der Waals surface area contributed by atoms with E-state index in [9.17, 15) is 4.79 Å². The Morgan fingerprint density at radius 2 is 2.04 bits per heavy atom. The second kappa shape index (κ2) is 11.6. The number of carbonyl (C=O) groups is 1. The summed E-state index contributed by atoms with van der Waals surface area (Å²) in [5, 5.41) is 7.65. The molecule has 0 heterocycles. The lowest BCUT2D eigenvalue weighted by Crippen LogP contribution is -2.43. The van der Waals surface area contributed by atoms with Crippen molar-refractivity contribution in [3.8, 4) is 0 Å². The summed E-state index contributed by atoms with van der Waals surface area (Å²) in [5.41, 5.74) is 1.75. The van der Waals surface area contributed by atoms with Crippen LogP contribution in [0.4, 0.5) is 0 Å². The minimum absolute atomic E-state index is 0. The lowest BCUT2D eigenvalue weighted by molar-refractivity contribution is 0.0600. The Balaban J connectivity index is 0.00000312. The van der Waals surface area contributed by atoms with Gasteiger partial charge in [-0.2, -0.15) is 11.8 Å². The first-order chi connectivity index (χ1) is 11.7. The molecule has 0 bridgehead atoms. The number of aliphatic imine (C=N–C) groups is 1. The van der Waals surface area contributed by atoms with E-state index in [0.717, 1.165) is 24.2 Å². The largest absolute Gasteiger partial charge is 0.465 e. The molecule has 2 atom stereocenters. The molecule has 25 heavy (non-hydrogen) atoms.